The van der Waals surface area contributed by atoms with E-state index in [9.17, 15) is 4.39 Å². The maximum absolute atomic E-state index is 13.8. The van der Waals surface area contributed by atoms with Crippen LogP contribution in [0.3, 0.4) is 0 Å². The Morgan fingerprint density at radius 2 is 1.86 bits per heavy atom. The molecule has 2 aromatic rings. The third-order valence-electron chi connectivity index (χ3n) is 3.53. The zero-order valence-corrected chi connectivity index (χ0v) is 14.9. The number of halogens is 2. The molecule has 0 spiro atoms. The van der Waals surface area contributed by atoms with Gasteiger partial charge in [0.1, 0.15) is 5.82 Å². The molecule has 5 heteroatoms. The van der Waals surface area contributed by atoms with Crippen LogP contribution < -0.4 is 10.6 Å². The third kappa shape index (κ3) is 4.52. The number of rotatable bonds is 4. The van der Waals surface area contributed by atoms with Gasteiger partial charge in [0.15, 0.2) is 5.11 Å². The Bertz CT molecular complexity index is 658. The van der Waals surface area contributed by atoms with Gasteiger partial charge in [0.25, 0.3) is 0 Å². The van der Waals surface area contributed by atoms with Crippen molar-refractivity contribution in [2.45, 2.75) is 26.2 Å². The largest absolute Gasteiger partial charge is 0.332 e. The quantitative estimate of drug-likeness (QED) is 0.644. The lowest BCUT2D eigenvalue weighted by molar-refractivity contribution is 0.631. The van der Waals surface area contributed by atoms with Crippen molar-refractivity contribution in [3.05, 3.63) is 58.3 Å². The van der Waals surface area contributed by atoms with E-state index in [1.165, 1.54) is 11.6 Å². The topological polar surface area (TPSA) is 24.1 Å². The van der Waals surface area contributed by atoms with E-state index in [2.05, 4.69) is 52.5 Å². The summed E-state index contributed by atoms with van der Waals surface area (Å²) in [5.74, 6) is 0.182. The van der Waals surface area contributed by atoms with Gasteiger partial charge in [-0.25, -0.2) is 4.39 Å². The van der Waals surface area contributed by atoms with Crippen LogP contribution in [0.1, 0.15) is 31.7 Å². The zero-order chi connectivity index (χ0) is 16.1. The average molecular weight is 381 g/mol. The highest BCUT2D eigenvalue weighted by atomic mass is 79.9. The number of nitrogens with one attached hydrogen (secondary N) is 2. The molecule has 2 N–H and O–H groups in total. The Hall–Kier alpha value is -1.46. The molecule has 0 aliphatic carbocycles. The SMILES string of the molecule is CCC(C)c1ccc(NC(=S)Nc2ccc(Br)cc2F)cc1. The van der Waals surface area contributed by atoms with Crippen LogP contribution in [0, 0.1) is 5.82 Å². The fraction of sp³-hybridized carbons (Fsp3) is 0.235. The zero-order valence-electron chi connectivity index (χ0n) is 12.5. The summed E-state index contributed by atoms with van der Waals surface area (Å²) >= 11 is 8.44. The van der Waals surface area contributed by atoms with Crippen molar-refractivity contribution in [1.29, 1.82) is 0 Å². The van der Waals surface area contributed by atoms with Crippen LogP contribution >= 0.6 is 28.1 Å². The second kappa shape index (κ2) is 7.70. The van der Waals surface area contributed by atoms with Gasteiger partial charge in [-0.15, -0.1) is 0 Å². The van der Waals surface area contributed by atoms with Gasteiger partial charge in [0.05, 0.1) is 5.69 Å². The highest BCUT2D eigenvalue weighted by Gasteiger charge is 2.06. The summed E-state index contributed by atoms with van der Waals surface area (Å²) in [5.41, 5.74) is 2.52. The fourth-order valence-electron chi connectivity index (χ4n) is 2.01. The second-order valence-corrected chi connectivity index (χ2v) is 6.46. The Kier molecular flexibility index (Phi) is 5.91. The highest BCUT2D eigenvalue weighted by Crippen LogP contribution is 2.22. The molecule has 0 aliphatic heterocycles. The third-order valence-corrected chi connectivity index (χ3v) is 4.23. The minimum Gasteiger partial charge on any atom is -0.332 e. The van der Waals surface area contributed by atoms with Gasteiger partial charge in [0.2, 0.25) is 0 Å². The molecule has 0 bridgehead atoms. The van der Waals surface area contributed by atoms with Gasteiger partial charge < -0.3 is 10.6 Å². The lowest BCUT2D eigenvalue weighted by atomic mass is 9.99. The first-order valence-corrected chi connectivity index (χ1v) is 8.32. The Balaban J connectivity index is 1.99. The van der Waals surface area contributed by atoms with Crippen LogP contribution in [0.4, 0.5) is 15.8 Å². The molecule has 0 amide bonds. The lowest BCUT2D eigenvalue weighted by Crippen LogP contribution is -2.19. The molecule has 2 nitrogen and oxygen atoms in total. The first kappa shape index (κ1) is 16.9. The maximum atomic E-state index is 13.8. The summed E-state index contributed by atoms with van der Waals surface area (Å²) in [4.78, 5) is 0. The molecule has 0 heterocycles. The van der Waals surface area contributed by atoms with E-state index in [4.69, 9.17) is 12.2 Å². The molecular weight excluding hydrogens is 363 g/mol. The number of hydrogen-bond acceptors (Lipinski definition) is 1. The summed E-state index contributed by atoms with van der Waals surface area (Å²) in [5, 5.41) is 6.28. The van der Waals surface area contributed by atoms with Crippen molar-refractivity contribution in [2.24, 2.45) is 0 Å². The molecule has 0 radical (unpaired) electrons. The minimum atomic E-state index is -0.356. The molecular formula is C17H18BrFN2S. The van der Waals surface area contributed by atoms with E-state index in [1.54, 1.807) is 12.1 Å². The first-order valence-electron chi connectivity index (χ1n) is 7.12. The van der Waals surface area contributed by atoms with Gasteiger partial charge in [-0.1, -0.05) is 41.9 Å². The van der Waals surface area contributed by atoms with E-state index in [-0.39, 0.29) is 5.82 Å². The number of benzene rings is 2. The first-order chi connectivity index (χ1) is 10.5. The summed E-state index contributed by atoms with van der Waals surface area (Å²) in [6, 6.07) is 12.9. The van der Waals surface area contributed by atoms with E-state index in [1.807, 2.05) is 12.1 Å². The summed E-state index contributed by atoms with van der Waals surface area (Å²) in [6.45, 7) is 4.37. The molecule has 0 fully saturated rings. The average Bonchev–Trinajstić information content (AvgIpc) is 2.50. The summed E-state index contributed by atoms with van der Waals surface area (Å²) in [7, 11) is 0. The molecule has 22 heavy (non-hydrogen) atoms. The fourth-order valence-corrected chi connectivity index (χ4v) is 2.57. The second-order valence-electron chi connectivity index (χ2n) is 5.13. The molecule has 0 saturated carbocycles. The normalized spacial score (nSPS) is 11.8. The Morgan fingerprint density at radius 3 is 2.45 bits per heavy atom. The molecule has 0 aromatic heterocycles. The molecule has 116 valence electrons. The van der Waals surface area contributed by atoms with Crippen molar-refractivity contribution >= 4 is 44.6 Å². The van der Waals surface area contributed by atoms with Crippen molar-refractivity contribution in [3.8, 4) is 0 Å². The smallest absolute Gasteiger partial charge is 0.175 e. The van der Waals surface area contributed by atoms with Crippen molar-refractivity contribution in [3.63, 3.8) is 0 Å². The van der Waals surface area contributed by atoms with Crippen LogP contribution in [0.2, 0.25) is 0 Å². The van der Waals surface area contributed by atoms with E-state index in [0.29, 0.717) is 21.2 Å². The van der Waals surface area contributed by atoms with Gasteiger partial charge in [-0.05, 0) is 60.5 Å². The van der Waals surface area contributed by atoms with Crippen LogP contribution in [0.25, 0.3) is 0 Å². The standard InChI is InChI=1S/C17H18BrFN2S/c1-3-11(2)12-4-7-14(8-5-12)20-17(22)21-16-9-6-13(18)10-15(16)19/h4-11H,3H2,1-2H3,(H2,20,21,22). The lowest BCUT2D eigenvalue weighted by Gasteiger charge is -2.13. The van der Waals surface area contributed by atoms with Crippen LogP contribution in [-0.2, 0) is 0 Å². The van der Waals surface area contributed by atoms with E-state index >= 15 is 0 Å². The summed E-state index contributed by atoms with van der Waals surface area (Å²) < 4.78 is 14.4. The predicted molar refractivity (Wildman–Crippen MR) is 99.1 cm³/mol. The van der Waals surface area contributed by atoms with E-state index < -0.39 is 0 Å². The molecule has 0 saturated heterocycles. The number of anilines is 2. The Labute approximate surface area is 144 Å². The number of thiocarbonyl (C=S) groups is 1. The molecule has 0 aliphatic rings. The van der Waals surface area contributed by atoms with Gasteiger partial charge in [-0.3, -0.25) is 0 Å². The molecule has 2 aromatic carbocycles. The maximum Gasteiger partial charge on any atom is 0.175 e. The van der Waals surface area contributed by atoms with E-state index in [0.717, 1.165) is 12.1 Å². The molecule has 1 atom stereocenters. The van der Waals surface area contributed by atoms with Crippen molar-refractivity contribution in [2.75, 3.05) is 10.6 Å². The monoisotopic (exact) mass is 380 g/mol. The van der Waals surface area contributed by atoms with Gasteiger partial charge in [-0.2, -0.15) is 0 Å². The number of hydrogen-bond donors (Lipinski definition) is 2. The minimum absolute atomic E-state index is 0.344. The molecule has 1 unspecified atom stereocenters. The van der Waals surface area contributed by atoms with Crippen LogP contribution in [-0.4, -0.2) is 5.11 Å². The molecule has 2 rings (SSSR count). The van der Waals surface area contributed by atoms with Crippen molar-refractivity contribution in [1.82, 2.24) is 0 Å². The van der Waals surface area contributed by atoms with Gasteiger partial charge in [0, 0.05) is 10.2 Å². The van der Waals surface area contributed by atoms with Crippen molar-refractivity contribution < 1.29 is 4.39 Å². The highest BCUT2D eigenvalue weighted by molar-refractivity contribution is 9.10. The Morgan fingerprint density at radius 1 is 1.18 bits per heavy atom. The van der Waals surface area contributed by atoms with Crippen LogP contribution in [0.15, 0.2) is 46.9 Å². The summed E-state index contributed by atoms with van der Waals surface area (Å²) in [6.07, 6.45) is 1.11. The van der Waals surface area contributed by atoms with Gasteiger partial charge >= 0.3 is 0 Å². The van der Waals surface area contributed by atoms with Crippen LogP contribution in [0.5, 0.6) is 0 Å². The predicted octanol–water partition coefficient (Wildman–Crippen LogP) is 5.91.